The van der Waals surface area contributed by atoms with Crippen molar-refractivity contribution in [1.82, 2.24) is 0 Å². The molecule has 0 atom stereocenters. The van der Waals surface area contributed by atoms with Gasteiger partial charge in [-0.25, -0.2) is 4.90 Å². The van der Waals surface area contributed by atoms with E-state index < -0.39 is 46.7 Å². The summed E-state index contributed by atoms with van der Waals surface area (Å²) in [5.41, 5.74) is -5.27. The molecule has 4 nitrogen and oxygen atoms in total. The highest BCUT2D eigenvalue weighted by Crippen LogP contribution is 2.47. The maximum absolute atomic E-state index is 13.5. The number of rotatable bonds is 2. The van der Waals surface area contributed by atoms with Gasteiger partial charge in [-0.15, -0.1) is 0 Å². The second-order valence-electron chi connectivity index (χ2n) is 6.27. The molecule has 2 amide bonds. The van der Waals surface area contributed by atoms with Gasteiger partial charge in [0.05, 0.1) is 33.6 Å². The number of amides is 2. The van der Waals surface area contributed by atoms with E-state index in [0.29, 0.717) is 21.9 Å². The Morgan fingerprint density at radius 2 is 1.18 bits per heavy atom. The average molecular weight is 402 g/mol. The van der Waals surface area contributed by atoms with Crippen LogP contribution in [-0.2, 0) is 12.4 Å². The van der Waals surface area contributed by atoms with Crippen molar-refractivity contribution in [2.75, 3.05) is 23.9 Å². The molecule has 0 unspecified atom stereocenters. The smallest absolute Gasteiger partial charge is 0.377 e. The molecular weight excluding hydrogens is 390 g/mol. The SMILES string of the molecule is CN(C)c1c(C(F)(F)F)cc(N2C(=O)c3ccccc3C2=O)cc1C(F)(F)F. The van der Waals surface area contributed by atoms with Crippen LogP contribution < -0.4 is 9.80 Å². The molecule has 2 aromatic carbocycles. The Hall–Kier alpha value is -3.04. The summed E-state index contributed by atoms with van der Waals surface area (Å²) in [5, 5.41) is 0. The molecule has 28 heavy (non-hydrogen) atoms. The number of alkyl halides is 6. The van der Waals surface area contributed by atoms with Crippen LogP contribution in [0, 0.1) is 0 Å². The first-order valence-electron chi connectivity index (χ1n) is 7.81. The highest BCUT2D eigenvalue weighted by molar-refractivity contribution is 6.34. The molecule has 2 aromatic rings. The van der Waals surface area contributed by atoms with Crippen molar-refractivity contribution in [2.24, 2.45) is 0 Å². The summed E-state index contributed by atoms with van der Waals surface area (Å²) in [6.45, 7) is 0. The number of hydrogen-bond donors (Lipinski definition) is 0. The fraction of sp³-hybridized carbons (Fsp3) is 0.222. The van der Waals surface area contributed by atoms with Crippen LogP contribution in [0.1, 0.15) is 31.8 Å². The minimum absolute atomic E-state index is 0.0914. The molecule has 0 saturated carbocycles. The summed E-state index contributed by atoms with van der Waals surface area (Å²) in [6.07, 6.45) is -10.3. The van der Waals surface area contributed by atoms with E-state index in [0.717, 1.165) is 14.1 Å². The summed E-state index contributed by atoms with van der Waals surface area (Å²) < 4.78 is 81.1. The third-order valence-electron chi connectivity index (χ3n) is 4.20. The van der Waals surface area contributed by atoms with Crippen molar-refractivity contribution in [3.05, 3.63) is 58.7 Å². The molecule has 148 valence electrons. The number of carbonyl (C=O) groups excluding carboxylic acids is 2. The topological polar surface area (TPSA) is 40.6 Å². The lowest BCUT2D eigenvalue weighted by Gasteiger charge is -2.26. The van der Waals surface area contributed by atoms with Crippen LogP contribution >= 0.6 is 0 Å². The van der Waals surface area contributed by atoms with Crippen molar-refractivity contribution >= 4 is 23.2 Å². The molecule has 0 bridgehead atoms. The lowest BCUT2D eigenvalue weighted by molar-refractivity contribution is -0.142. The van der Waals surface area contributed by atoms with Crippen LogP contribution in [0.15, 0.2) is 36.4 Å². The van der Waals surface area contributed by atoms with Crippen LogP contribution in [-0.4, -0.2) is 25.9 Å². The van der Waals surface area contributed by atoms with Gasteiger partial charge >= 0.3 is 12.4 Å². The predicted molar refractivity (Wildman–Crippen MR) is 88.4 cm³/mol. The van der Waals surface area contributed by atoms with Gasteiger partial charge in [0.2, 0.25) is 0 Å². The Morgan fingerprint density at radius 3 is 1.50 bits per heavy atom. The van der Waals surface area contributed by atoms with Crippen molar-refractivity contribution in [2.45, 2.75) is 12.4 Å². The number of halogens is 6. The highest BCUT2D eigenvalue weighted by Gasteiger charge is 2.45. The van der Waals surface area contributed by atoms with Crippen LogP contribution in [0.5, 0.6) is 0 Å². The highest BCUT2D eigenvalue weighted by atomic mass is 19.4. The predicted octanol–water partition coefficient (Wildman–Crippen LogP) is 4.59. The maximum atomic E-state index is 13.5. The summed E-state index contributed by atoms with van der Waals surface area (Å²) in [7, 11) is 2.09. The number of imide groups is 1. The van der Waals surface area contributed by atoms with Crippen LogP contribution in [0.25, 0.3) is 0 Å². The molecule has 0 aromatic heterocycles. The van der Waals surface area contributed by atoms with Gasteiger partial charge in [-0.2, -0.15) is 26.3 Å². The number of anilines is 2. The van der Waals surface area contributed by atoms with Gasteiger partial charge in [-0.1, -0.05) is 12.1 Å². The Morgan fingerprint density at radius 1 is 0.786 bits per heavy atom. The summed E-state index contributed by atoms with van der Waals surface area (Å²) >= 11 is 0. The third-order valence-corrected chi connectivity index (χ3v) is 4.20. The van der Waals surface area contributed by atoms with Crippen molar-refractivity contribution in [3.63, 3.8) is 0 Å². The molecule has 0 fully saturated rings. The van der Waals surface area contributed by atoms with E-state index in [9.17, 15) is 35.9 Å². The molecule has 0 aliphatic carbocycles. The Balaban J connectivity index is 2.29. The number of nitrogens with zero attached hydrogens (tertiary/aromatic N) is 2. The second kappa shape index (κ2) is 6.25. The van der Waals surface area contributed by atoms with Crippen LogP contribution in [0.3, 0.4) is 0 Å². The molecular formula is C18H12F6N2O2. The molecule has 0 N–H and O–H groups in total. The Labute approximate surface area is 155 Å². The summed E-state index contributed by atoms with van der Waals surface area (Å²) in [5.74, 6) is -1.97. The van der Waals surface area contributed by atoms with Gasteiger partial charge in [-0.3, -0.25) is 9.59 Å². The van der Waals surface area contributed by atoms with E-state index in [-0.39, 0.29) is 11.1 Å². The van der Waals surface area contributed by atoms with Gasteiger partial charge in [-0.05, 0) is 24.3 Å². The van der Waals surface area contributed by atoms with Gasteiger partial charge in [0.25, 0.3) is 11.8 Å². The lowest BCUT2D eigenvalue weighted by Crippen LogP contribution is -2.31. The zero-order valence-corrected chi connectivity index (χ0v) is 14.4. The molecule has 3 rings (SSSR count). The Kier molecular flexibility index (Phi) is 4.40. The van der Waals surface area contributed by atoms with Gasteiger partial charge in [0, 0.05) is 14.1 Å². The minimum Gasteiger partial charge on any atom is -0.377 e. The molecule has 0 radical (unpaired) electrons. The second-order valence-corrected chi connectivity index (χ2v) is 6.27. The molecule has 1 heterocycles. The van der Waals surface area contributed by atoms with Crippen molar-refractivity contribution in [3.8, 4) is 0 Å². The lowest BCUT2D eigenvalue weighted by atomic mass is 10.0. The van der Waals surface area contributed by atoms with E-state index >= 15 is 0 Å². The first-order chi connectivity index (χ1) is 12.8. The minimum atomic E-state index is -5.14. The zero-order chi connectivity index (χ0) is 21.0. The first kappa shape index (κ1) is 19.7. The Bertz CT molecular complexity index is 909. The van der Waals surface area contributed by atoms with Crippen molar-refractivity contribution < 1.29 is 35.9 Å². The largest absolute Gasteiger partial charge is 0.418 e. The number of fused-ring (bicyclic) bond motifs is 1. The molecule has 10 heteroatoms. The quantitative estimate of drug-likeness (QED) is 0.545. The fourth-order valence-electron chi connectivity index (χ4n) is 3.09. The van der Waals surface area contributed by atoms with Crippen molar-refractivity contribution in [1.29, 1.82) is 0 Å². The monoisotopic (exact) mass is 402 g/mol. The van der Waals surface area contributed by atoms with Crippen LogP contribution in [0.4, 0.5) is 37.7 Å². The maximum Gasteiger partial charge on any atom is 0.418 e. The van der Waals surface area contributed by atoms with E-state index in [2.05, 4.69) is 0 Å². The van der Waals surface area contributed by atoms with Gasteiger partial charge in [0.15, 0.2) is 0 Å². The van der Waals surface area contributed by atoms with Gasteiger partial charge in [0.1, 0.15) is 0 Å². The average Bonchev–Trinajstić information content (AvgIpc) is 2.83. The molecule has 0 spiro atoms. The van der Waals surface area contributed by atoms with E-state index in [4.69, 9.17) is 0 Å². The third kappa shape index (κ3) is 3.08. The normalized spacial score (nSPS) is 14.5. The van der Waals surface area contributed by atoms with E-state index in [1.807, 2.05) is 0 Å². The first-order valence-corrected chi connectivity index (χ1v) is 7.81. The van der Waals surface area contributed by atoms with Crippen LogP contribution in [0.2, 0.25) is 0 Å². The molecule has 1 aliphatic heterocycles. The zero-order valence-electron chi connectivity index (χ0n) is 14.4. The fourth-order valence-corrected chi connectivity index (χ4v) is 3.09. The number of hydrogen-bond acceptors (Lipinski definition) is 3. The number of carbonyl (C=O) groups is 2. The van der Waals surface area contributed by atoms with E-state index in [1.165, 1.54) is 24.3 Å². The van der Waals surface area contributed by atoms with Gasteiger partial charge < -0.3 is 4.90 Å². The molecule has 0 saturated heterocycles. The number of benzene rings is 2. The summed E-state index contributed by atoms with van der Waals surface area (Å²) in [4.78, 5) is 26.0. The van der Waals surface area contributed by atoms with E-state index in [1.54, 1.807) is 0 Å². The standard InChI is InChI=1S/C18H12F6N2O2/c1-25(2)14-12(17(19,20)21)7-9(8-13(14)18(22,23)24)26-15(27)10-5-3-4-6-11(10)16(26)28/h3-8H,1-2H3. The summed E-state index contributed by atoms with van der Waals surface area (Å²) in [6, 6.07) is 6.19. The molecule has 1 aliphatic rings.